The fourth-order valence-corrected chi connectivity index (χ4v) is 3.85. The van der Waals surface area contributed by atoms with E-state index in [-0.39, 0.29) is 0 Å². The molecule has 0 spiro atoms. The van der Waals surface area contributed by atoms with Gasteiger partial charge in [-0.1, -0.05) is 6.07 Å². The van der Waals surface area contributed by atoms with E-state index >= 15 is 0 Å². The third kappa shape index (κ3) is 3.35. The molecule has 1 aliphatic rings. The van der Waals surface area contributed by atoms with Gasteiger partial charge in [0.05, 0.1) is 13.3 Å². The van der Waals surface area contributed by atoms with Gasteiger partial charge in [-0.05, 0) is 54.8 Å². The van der Waals surface area contributed by atoms with Crippen molar-refractivity contribution < 1.29 is 4.74 Å². The molecule has 0 saturated carbocycles. The summed E-state index contributed by atoms with van der Waals surface area (Å²) in [4.78, 5) is 6.65. The second-order valence-electron chi connectivity index (χ2n) is 6.84. The lowest BCUT2D eigenvalue weighted by Gasteiger charge is -2.25. The number of methoxy groups -OCH3 is 1. The monoisotopic (exact) mass is 348 g/mol. The Labute approximate surface area is 154 Å². The van der Waals surface area contributed by atoms with Crippen molar-refractivity contribution in [3.63, 3.8) is 0 Å². The zero-order valence-corrected chi connectivity index (χ0v) is 15.3. The van der Waals surface area contributed by atoms with E-state index in [0.29, 0.717) is 6.04 Å². The number of nitrogens with zero attached hydrogens (tertiary/aromatic N) is 4. The summed E-state index contributed by atoms with van der Waals surface area (Å²) >= 11 is 0. The van der Waals surface area contributed by atoms with E-state index in [1.807, 2.05) is 42.5 Å². The van der Waals surface area contributed by atoms with Gasteiger partial charge in [-0.15, -0.1) is 0 Å². The Bertz CT molecular complexity index is 875. The van der Waals surface area contributed by atoms with Crippen LogP contribution in [-0.2, 0) is 13.6 Å². The molecule has 1 atom stereocenters. The third-order valence-corrected chi connectivity index (χ3v) is 5.14. The second-order valence-corrected chi connectivity index (χ2v) is 6.84. The van der Waals surface area contributed by atoms with Crippen LogP contribution in [0.25, 0.3) is 11.1 Å². The summed E-state index contributed by atoms with van der Waals surface area (Å²) in [5.41, 5.74) is 4.89. The van der Waals surface area contributed by atoms with Crippen molar-refractivity contribution in [1.29, 1.82) is 0 Å². The highest BCUT2D eigenvalue weighted by Gasteiger charge is 2.27. The average Bonchev–Trinajstić information content (AvgIpc) is 3.31. The summed E-state index contributed by atoms with van der Waals surface area (Å²) in [6, 6.07) is 10.9. The van der Waals surface area contributed by atoms with Crippen molar-refractivity contribution in [1.82, 2.24) is 19.7 Å². The molecule has 26 heavy (non-hydrogen) atoms. The Morgan fingerprint density at radius 3 is 2.73 bits per heavy atom. The lowest BCUT2D eigenvalue weighted by Crippen LogP contribution is -2.22. The lowest BCUT2D eigenvalue weighted by atomic mass is 10.0. The van der Waals surface area contributed by atoms with Gasteiger partial charge in [-0.2, -0.15) is 5.10 Å². The maximum atomic E-state index is 5.64. The number of aromatic nitrogens is 3. The molecule has 5 nitrogen and oxygen atoms in total. The van der Waals surface area contributed by atoms with Crippen LogP contribution >= 0.6 is 0 Å². The topological polar surface area (TPSA) is 43.2 Å². The van der Waals surface area contributed by atoms with Crippen molar-refractivity contribution in [3.05, 3.63) is 66.2 Å². The van der Waals surface area contributed by atoms with Gasteiger partial charge in [0.1, 0.15) is 5.75 Å². The summed E-state index contributed by atoms with van der Waals surface area (Å²) in [5.74, 6) is 0.944. The van der Waals surface area contributed by atoms with Crippen molar-refractivity contribution in [2.45, 2.75) is 25.4 Å². The number of likely N-dealkylation sites (tertiary alicyclic amines) is 1. The van der Waals surface area contributed by atoms with Gasteiger partial charge >= 0.3 is 0 Å². The van der Waals surface area contributed by atoms with Gasteiger partial charge in [0.25, 0.3) is 0 Å². The van der Waals surface area contributed by atoms with E-state index in [1.165, 1.54) is 35.1 Å². The molecule has 1 aliphatic heterocycles. The molecule has 4 rings (SSSR count). The molecule has 3 aromatic rings. The van der Waals surface area contributed by atoms with E-state index in [2.05, 4.69) is 39.4 Å². The predicted octanol–water partition coefficient (Wildman–Crippen LogP) is 3.83. The summed E-state index contributed by atoms with van der Waals surface area (Å²) in [5, 5.41) is 4.35. The first kappa shape index (κ1) is 16.8. The lowest BCUT2D eigenvalue weighted by molar-refractivity contribution is 0.244. The maximum Gasteiger partial charge on any atom is 0.123 e. The Morgan fingerprint density at radius 2 is 2.00 bits per heavy atom. The molecule has 5 heteroatoms. The number of benzene rings is 1. The van der Waals surface area contributed by atoms with Gasteiger partial charge in [-0.25, -0.2) is 0 Å². The van der Waals surface area contributed by atoms with Crippen LogP contribution in [0.4, 0.5) is 0 Å². The highest BCUT2D eigenvalue weighted by molar-refractivity contribution is 5.65. The molecule has 1 fully saturated rings. The Morgan fingerprint density at radius 1 is 1.15 bits per heavy atom. The minimum atomic E-state index is 0.429. The van der Waals surface area contributed by atoms with Crippen LogP contribution in [0.1, 0.15) is 30.0 Å². The average molecular weight is 348 g/mol. The van der Waals surface area contributed by atoms with Crippen LogP contribution in [0.2, 0.25) is 0 Å². The van der Waals surface area contributed by atoms with E-state index < -0.39 is 0 Å². The summed E-state index contributed by atoms with van der Waals surface area (Å²) in [7, 11) is 3.72. The number of aryl methyl sites for hydroxylation is 1. The van der Waals surface area contributed by atoms with Crippen molar-refractivity contribution in [2.75, 3.05) is 13.7 Å². The normalized spacial score (nSPS) is 17.5. The molecule has 1 saturated heterocycles. The zero-order chi connectivity index (χ0) is 17.9. The van der Waals surface area contributed by atoms with Crippen LogP contribution in [0.5, 0.6) is 5.75 Å². The third-order valence-electron chi connectivity index (χ3n) is 5.14. The van der Waals surface area contributed by atoms with Crippen molar-refractivity contribution in [2.24, 2.45) is 7.05 Å². The van der Waals surface area contributed by atoms with E-state index in [1.54, 1.807) is 7.11 Å². The Hall–Kier alpha value is -2.66. The number of ether oxygens (including phenoxy) is 1. The SMILES string of the molecule is COc1ccc(-c2ccncc2)cc1CN1CCCC1c1cnn(C)c1. The molecular weight excluding hydrogens is 324 g/mol. The molecule has 0 amide bonds. The molecular formula is C21H24N4O. The van der Waals surface area contributed by atoms with Crippen molar-refractivity contribution in [3.8, 4) is 16.9 Å². The first-order valence-electron chi connectivity index (χ1n) is 9.04. The van der Waals surface area contributed by atoms with Gasteiger partial charge in [0.2, 0.25) is 0 Å². The second kappa shape index (κ2) is 7.30. The van der Waals surface area contributed by atoms with Crippen LogP contribution < -0.4 is 4.74 Å². The first-order chi connectivity index (χ1) is 12.7. The minimum Gasteiger partial charge on any atom is -0.496 e. The van der Waals surface area contributed by atoms with Crippen LogP contribution in [0.15, 0.2) is 55.1 Å². The van der Waals surface area contributed by atoms with Crippen LogP contribution in [-0.4, -0.2) is 33.3 Å². The molecule has 0 N–H and O–H groups in total. The van der Waals surface area contributed by atoms with Gasteiger partial charge < -0.3 is 4.74 Å². The van der Waals surface area contributed by atoms with Gasteiger partial charge in [0, 0.05) is 49.4 Å². The molecule has 1 aromatic carbocycles. The highest BCUT2D eigenvalue weighted by Crippen LogP contribution is 2.35. The van der Waals surface area contributed by atoms with Gasteiger partial charge in [0.15, 0.2) is 0 Å². The number of hydrogen-bond donors (Lipinski definition) is 0. The Kier molecular flexibility index (Phi) is 4.71. The standard InChI is InChI=1S/C21H24N4O/c1-24-14-19(13-23-24)20-4-3-11-25(20)15-18-12-17(5-6-21(18)26-2)16-7-9-22-10-8-16/h5-10,12-14,20H,3-4,11,15H2,1-2H3. The molecule has 1 unspecified atom stereocenters. The molecule has 134 valence electrons. The number of rotatable bonds is 5. The minimum absolute atomic E-state index is 0.429. The first-order valence-corrected chi connectivity index (χ1v) is 9.04. The zero-order valence-electron chi connectivity index (χ0n) is 15.3. The fourth-order valence-electron chi connectivity index (χ4n) is 3.85. The largest absolute Gasteiger partial charge is 0.496 e. The van der Waals surface area contributed by atoms with E-state index in [4.69, 9.17) is 4.74 Å². The molecule has 0 bridgehead atoms. The maximum absolute atomic E-state index is 5.64. The summed E-state index contributed by atoms with van der Waals surface area (Å²) in [6.45, 7) is 1.98. The molecule has 0 radical (unpaired) electrons. The molecule has 0 aliphatic carbocycles. The van der Waals surface area contributed by atoms with E-state index in [0.717, 1.165) is 18.8 Å². The quantitative estimate of drug-likeness (QED) is 0.703. The van der Waals surface area contributed by atoms with Crippen LogP contribution in [0.3, 0.4) is 0 Å². The highest BCUT2D eigenvalue weighted by atomic mass is 16.5. The summed E-state index contributed by atoms with van der Waals surface area (Å²) in [6.07, 6.45) is 10.2. The predicted molar refractivity (Wildman–Crippen MR) is 102 cm³/mol. The van der Waals surface area contributed by atoms with Gasteiger partial charge in [-0.3, -0.25) is 14.6 Å². The molecule has 3 heterocycles. The summed E-state index contributed by atoms with van der Waals surface area (Å²) < 4.78 is 7.52. The molecule has 2 aromatic heterocycles. The Balaban J connectivity index is 1.62. The van der Waals surface area contributed by atoms with Crippen LogP contribution in [0, 0.1) is 0 Å². The number of hydrogen-bond acceptors (Lipinski definition) is 4. The number of pyridine rings is 1. The van der Waals surface area contributed by atoms with Crippen molar-refractivity contribution >= 4 is 0 Å². The fraction of sp³-hybridized carbons (Fsp3) is 0.333. The van der Waals surface area contributed by atoms with E-state index in [9.17, 15) is 0 Å². The smallest absolute Gasteiger partial charge is 0.123 e.